The highest BCUT2D eigenvalue weighted by Crippen LogP contribution is 2.13. The molecule has 0 aromatic heterocycles. The Morgan fingerprint density at radius 2 is 2.25 bits per heavy atom. The molecule has 0 radical (unpaired) electrons. The van der Waals surface area contributed by atoms with Crippen LogP contribution in [0.5, 0.6) is 0 Å². The van der Waals surface area contributed by atoms with E-state index in [9.17, 15) is 0 Å². The lowest BCUT2D eigenvalue weighted by Gasteiger charge is -1.95. The van der Waals surface area contributed by atoms with E-state index in [1.807, 2.05) is 25.2 Å². The van der Waals surface area contributed by atoms with Crippen molar-refractivity contribution in [1.29, 1.82) is 5.26 Å². The van der Waals surface area contributed by atoms with Crippen LogP contribution in [-0.2, 0) is 0 Å². The quantitative estimate of drug-likeness (QED) is 0.532. The molecule has 0 heterocycles. The second-order valence-corrected chi connectivity index (χ2v) is 2.94. The fraction of sp³-hybridized carbons (Fsp3) is 0.364. The van der Waals surface area contributed by atoms with Gasteiger partial charge in [-0.05, 0) is 31.8 Å². The van der Waals surface area contributed by atoms with Gasteiger partial charge in [0, 0.05) is 0 Å². The second kappa shape index (κ2) is 4.56. The Balaban J connectivity index is 2.88. The summed E-state index contributed by atoms with van der Waals surface area (Å²) in [5, 5.41) is 8.79. The van der Waals surface area contributed by atoms with Gasteiger partial charge in [0.2, 0.25) is 0 Å². The largest absolute Gasteiger partial charge is 0.192 e. The molecular weight excluding hydrogens is 146 g/mol. The summed E-state index contributed by atoms with van der Waals surface area (Å²) in [6.45, 7) is 1.98. The lowest BCUT2D eigenvalue weighted by atomic mass is 10.1. The Kier molecular flexibility index (Phi) is 3.35. The van der Waals surface area contributed by atoms with Crippen molar-refractivity contribution in [3.05, 3.63) is 35.5 Å². The smallest absolute Gasteiger partial charge is 0.0991 e. The molecular formula is C11H13N. The topological polar surface area (TPSA) is 23.8 Å². The third-order valence-electron chi connectivity index (χ3n) is 1.95. The zero-order chi connectivity index (χ0) is 8.81. The van der Waals surface area contributed by atoms with E-state index in [1.165, 1.54) is 0 Å². The molecule has 0 aromatic rings. The van der Waals surface area contributed by atoms with E-state index in [0.29, 0.717) is 0 Å². The predicted octanol–water partition coefficient (Wildman–Crippen LogP) is 3.12. The van der Waals surface area contributed by atoms with E-state index in [0.717, 1.165) is 30.4 Å². The minimum Gasteiger partial charge on any atom is -0.192 e. The molecule has 0 fully saturated rings. The van der Waals surface area contributed by atoms with Gasteiger partial charge in [0.15, 0.2) is 0 Å². The maximum Gasteiger partial charge on any atom is 0.0991 e. The van der Waals surface area contributed by atoms with Crippen molar-refractivity contribution < 1.29 is 0 Å². The zero-order valence-electron chi connectivity index (χ0n) is 7.38. The van der Waals surface area contributed by atoms with Gasteiger partial charge in [0.1, 0.15) is 0 Å². The molecule has 0 aromatic carbocycles. The van der Waals surface area contributed by atoms with Crippen molar-refractivity contribution in [2.24, 2.45) is 0 Å². The third-order valence-corrected chi connectivity index (χ3v) is 1.95. The van der Waals surface area contributed by atoms with Crippen LogP contribution in [0.2, 0.25) is 0 Å². The average molecular weight is 159 g/mol. The fourth-order valence-corrected chi connectivity index (χ4v) is 1.18. The molecule has 1 heteroatoms. The van der Waals surface area contributed by atoms with Crippen LogP contribution in [-0.4, -0.2) is 0 Å². The van der Waals surface area contributed by atoms with Crippen molar-refractivity contribution >= 4 is 0 Å². The Bertz CT molecular complexity index is 274. The molecule has 1 aliphatic rings. The highest BCUT2D eigenvalue weighted by atomic mass is 14.2. The van der Waals surface area contributed by atoms with Gasteiger partial charge in [-0.15, -0.1) is 0 Å². The number of rotatable bonds is 0. The lowest BCUT2D eigenvalue weighted by Crippen LogP contribution is -1.80. The molecule has 0 unspecified atom stereocenters. The normalized spacial score (nSPS) is 29.3. The first-order chi connectivity index (χ1) is 5.84. The van der Waals surface area contributed by atoms with Gasteiger partial charge >= 0.3 is 0 Å². The van der Waals surface area contributed by atoms with Crippen LogP contribution in [0.1, 0.15) is 26.2 Å². The van der Waals surface area contributed by atoms with Gasteiger partial charge in [-0.1, -0.05) is 24.3 Å². The second-order valence-electron chi connectivity index (χ2n) is 2.94. The standard InChI is InChI=1S/C11H13N/c1-10-7-5-3-2-4-6-8-11(10)9-12/h3,5,7-8H,2,4,6H2,1H3/b5-3-,10-7-,11-8-. The van der Waals surface area contributed by atoms with Crippen LogP contribution >= 0.6 is 0 Å². The minimum absolute atomic E-state index is 0.821. The molecule has 0 bridgehead atoms. The summed E-state index contributed by atoms with van der Waals surface area (Å²) in [7, 11) is 0. The first-order valence-electron chi connectivity index (χ1n) is 4.28. The summed E-state index contributed by atoms with van der Waals surface area (Å²) < 4.78 is 0. The van der Waals surface area contributed by atoms with Crippen molar-refractivity contribution in [2.45, 2.75) is 26.2 Å². The molecule has 12 heavy (non-hydrogen) atoms. The number of nitrogens with zero attached hydrogens (tertiary/aromatic N) is 1. The molecule has 0 atom stereocenters. The van der Waals surface area contributed by atoms with Gasteiger partial charge < -0.3 is 0 Å². The van der Waals surface area contributed by atoms with Crippen LogP contribution in [0.25, 0.3) is 0 Å². The van der Waals surface area contributed by atoms with Crippen LogP contribution in [0.15, 0.2) is 35.5 Å². The van der Waals surface area contributed by atoms with Crippen LogP contribution in [0, 0.1) is 11.3 Å². The van der Waals surface area contributed by atoms with Crippen molar-refractivity contribution in [3.63, 3.8) is 0 Å². The molecule has 0 aliphatic heterocycles. The molecule has 1 rings (SSSR count). The number of nitriles is 1. The third kappa shape index (κ3) is 2.39. The SMILES string of the molecule is CC1=C/C=C\CCC/C=C\1C#N. The Labute approximate surface area is 73.7 Å². The molecule has 0 N–H and O–H groups in total. The Morgan fingerprint density at radius 1 is 1.42 bits per heavy atom. The lowest BCUT2D eigenvalue weighted by molar-refractivity contribution is 0.867. The van der Waals surface area contributed by atoms with Gasteiger partial charge in [-0.25, -0.2) is 0 Å². The molecule has 62 valence electrons. The van der Waals surface area contributed by atoms with Gasteiger partial charge in [-0.3, -0.25) is 0 Å². The summed E-state index contributed by atoms with van der Waals surface area (Å²) in [6.07, 6.45) is 11.5. The maximum absolute atomic E-state index is 8.79. The highest BCUT2D eigenvalue weighted by molar-refractivity contribution is 5.42. The first-order valence-corrected chi connectivity index (χ1v) is 4.28. The molecule has 1 aliphatic carbocycles. The van der Waals surface area contributed by atoms with Crippen LogP contribution in [0.3, 0.4) is 0 Å². The van der Waals surface area contributed by atoms with Crippen LogP contribution in [0.4, 0.5) is 0 Å². The Morgan fingerprint density at radius 3 is 3.00 bits per heavy atom. The van der Waals surface area contributed by atoms with E-state index >= 15 is 0 Å². The van der Waals surface area contributed by atoms with E-state index in [-0.39, 0.29) is 0 Å². The summed E-state index contributed by atoms with van der Waals surface area (Å²) in [4.78, 5) is 0. The first kappa shape index (κ1) is 8.80. The van der Waals surface area contributed by atoms with Gasteiger partial charge in [-0.2, -0.15) is 5.26 Å². The molecule has 0 spiro atoms. The monoisotopic (exact) mass is 159 g/mol. The molecule has 1 nitrogen and oxygen atoms in total. The Hall–Kier alpha value is -1.29. The van der Waals surface area contributed by atoms with Gasteiger partial charge in [0.25, 0.3) is 0 Å². The van der Waals surface area contributed by atoms with Crippen molar-refractivity contribution in [1.82, 2.24) is 0 Å². The van der Waals surface area contributed by atoms with Crippen LogP contribution < -0.4 is 0 Å². The summed E-state index contributed by atoms with van der Waals surface area (Å²) in [6, 6.07) is 2.21. The maximum atomic E-state index is 8.79. The summed E-state index contributed by atoms with van der Waals surface area (Å²) >= 11 is 0. The average Bonchev–Trinajstić information content (AvgIpc) is 2.17. The fourth-order valence-electron chi connectivity index (χ4n) is 1.18. The van der Waals surface area contributed by atoms with E-state index in [4.69, 9.17) is 5.26 Å². The van der Waals surface area contributed by atoms with E-state index in [2.05, 4.69) is 12.1 Å². The van der Waals surface area contributed by atoms with E-state index in [1.54, 1.807) is 0 Å². The zero-order valence-corrected chi connectivity index (χ0v) is 7.38. The molecule has 0 amide bonds. The summed E-state index contributed by atoms with van der Waals surface area (Å²) in [5.41, 5.74) is 1.89. The molecule has 0 saturated heterocycles. The predicted molar refractivity (Wildman–Crippen MR) is 50.4 cm³/mol. The molecule has 0 saturated carbocycles. The number of hydrogen-bond donors (Lipinski definition) is 0. The highest BCUT2D eigenvalue weighted by Gasteiger charge is 1.97. The number of allylic oxidation sites excluding steroid dienone is 6. The van der Waals surface area contributed by atoms with Crippen molar-refractivity contribution in [3.8, 4) is 6.07 Å². The summed E-state index contributed by atoms with van der Waals surface area (Å²) in [5.74, 6) is 0. The van der Waals surface area contributed by atoms with Gasteiger partial charge in [0.05, 0.1) is 11.6 Å². The number of hydrogen-bond acceptors (Lipinski definition) is 1. The van der Waals surface area contributed by atoms with E-state index < -0.39 is 0 Å². The minimum atomic E-state index is 0.821. The van der Waals surface area contributed by atoms with Crippen molar-refractivity contribution in [2.75, 3.05) is 0 Å².